The topological polar surface area (TPSA) is 40.6 Å². The van der Waals surface area contributed by atoms with Crippen molar-refractivity contribution < 1.29 is 9.59 Å². The van der Waals surface area contributed by atoms with Crippen molar-refractivity contribution in [1.82, 2.24) is 9.80 Å². The summed E-state index contributed by atoms with van der Waals surface area (Å²) < 4.78 is 0. The molecule has 2 saturated heterocycles. The van der Waals surface area contributed by atoms with Gasteiger partial charge >= 0.3 is 6.03 Å². The van der Waals surface area contributed by atoms with Crippen LogP contribution in [0.4, 0.5) is 4.79 Å². The standard InChI is InChI=1S/C10H16N2O2/c1-7(2)12-9(13)6-8-4-3-5-11(8)10(12)14/h7-8H,3-6H2,1-2H3. The van der Waals surface area contributed by atoms with Crippen molar-refractivity contribution in [3.05, 3.63) is 0 Å². The first-order chi connectivity index (χ1) is 6.61. The van der Waals surface area contributed by atoms with E-state index in [2.05, 4.69) is 0 Å². The van der Waals surface area contributed by atoms with Gasteiger partial charge in [-0.3, -0.25) is 9.69 Å². The van der Waals surface area contributed by atoms with E-state index in [4.69, 9.17) is 0 Å². The lowest BCUT2D eigenvalue weighted by molar-refractivity contribution is -0.133. The molecule has 0 bridgehead atoms. The first-order valence-electron chi connectivity index (χ1n) is 5.24. The predicted molar refractivity (Wildman–Crippen MR) is 51.7 cm³/mol. The van der Waals surface area contributed by atoms with Crippen LogP contribution < -0.4 is 0 Å². The van der Waals surface area contributed by atoms with Gasteiger partial charge in [0.1, 0.15) is 0 Å². The average molecular weight is 196 g/mol. The van der Waals surface area contributed by atoms with E-state index in [1.807, 2.05) is 18.7 Å². The molecule has 2 rings (SSSR count). The lowest BCUT2D eigenvalue weighted by atomic mass is 10.1. The van der Waals surface area contributed by atoms with E-state index < -0.39 is 0 Å². The Labute approximate surface area is 83.9 Å². The Hall–Kier alpha value is -1.06. The van der Waals surface area contributed by atoms with Crippen LogP contribution in [0.3, 0.4) is 0 Å². The van der Waals surface area contributed by atoms with Crippen LogP contribution in [-0.2, 0) is 4.79 Å². The van der Waals surface area contributed by atoms with Gasteiger partial charge in [0.05, 0.1) is 0 Å². The molecule has 2 aliphatic heterocycles. The number of carbonyl (C=O) groups is 2. The normalized spacial score (nSPS) is 27.5. The molecule has 2 aliphatic rings. The van der Waals surface area contributed by atoms with Gasteiger partial charge in [-0.15, -0.1) is 0 Å². The Kier molecular flexibility index (Phi) is 2.21. The Balaban J connectivity index is 2.21. The van der Waals surface area contributed by atoms with E-state index in [-0.39, 0.29) is 24.0 Å². The Morgan fingerprint density at radius 3 is 2.71 bits per heavy atom. The van der Waals surface area contributed by atoms with Crippen LogP contribution in [0, 0.1) is 0 Å². The molecule has 14 heavy (non-hydrogen) atoms. The molecule has 0 aliphatic carbocycles. The van der Waals surface area contributed by atoms with E-state index >= 15 is 0 Å². The molecule has 1 atom stereocenters. The van der Waals surface area contributed by atoms with Gasteiger partial charge in [-0.1, -0.05) is 0 Å². The lowest BCUT2D eigenvalue weighted by Gasteiger charge is -2.38. The molecule has 0 spiro atoms. The molecule has 1 unspecified atom stereocenters. The quantitative estimate of drug-likeness (QED) is 0.632. The molecule has 2 fully saturated rings. The van der Waals surface area contributed by atoms with E-state index in [1.54, 1.807) is 0 Å². The summed E-state index contributed by atoms with van der Waals surface area (Å²) in [4.78, 5) is 26.8. The number of nitrogens with zero attached hydrogens (tertiary/aromatic N) is 2. The van der Waals surface area contributed by atoms with Crippen molar-refractivity contribution >= 4 is 11.9 Å². The molecule has 0 radical (unpaired) electrons. The lowest BCUT2D eigenvalue weighted by Crippen LogP contribution is -2.56. The van der Waals surface area contributed by atoms with Gasteiger partial charge in [0.25, 0.3) is 0 Å². The number of urea groups is 1. The van der Waals surface area contributed by atoms with Gasteiger partial charge in [0, 0.05) is 25.0 Å². The Morgan fingerprint density at radius 1 is 1.36 bits per heavy atom. The molecule has 0 aromatic rings. The molecule has 0 aromatic heterocycles. The van der Waals surface area contributed by atoms with Crippen molar-refractivity contribution in [1.29, 1.82) is 0 Å². The van der Waals surface area contributed by atoms with Gasteiger partial charge in [-0.25, -0.2) is 4.79 Å². The SMILES string of the molecule is CC(C)N1C(=O)CC2CCCN2C1=O. The number of rotatable bonds is 1. The number of hydrogen-bond donors (Lipinski definition) is 0. The van der Waals surface area contributed by atoms with Gasteiger partial charge < -0.3 is 4.90 Å². The maximum Gasteiger partial charge on any atom is 0.327 e. The van der Waals surface area contributed by atoms with Crippen LogP contribution in [0.15, 0.2) is 0 Å². The molecule has 0 N–H and O–H groups in total. The highest BCUT2D eigenvalue weighted by molar-refractivity contribution is 5.97. The largest absolute Gasteiger partial charge is 0.327 e. The average Bonchev–Trinajstić information content (AvgIpc) is 2.50. The first kappa shape index (κ1) is 9.49. The molecule has 78 valence electrons. The third-order valence-corrected chi connectivity index (χ3v) is 3.02. The highest BCUT2D eigenvalue weighted by atomic mass is 16.2. The summed E-state index contributed by atoms with van der Waals surface area (Å²) in [6, 6.07) is 0.0836. The monoisotopic (exact) mass is 196 g/mol. The van der Waals surface area contributed by atoms with Crippen LogP contribution in [0.2, 0.25) is 0 Å². The summed E-state index contributed by atoms with van der Waals surface area (Å²) in [5.74, 6) is -0.00634. The fourth-order valence-electron chi connectivity index (χ4n) is 2.35. The third kappa shape index (κ3) is 1.29. The smallest absolute Gasteiger partial charge is 0.321 e. The number of fused-ring (bicyclic) bond motifs is 1. The molecule has 4 nitrogen and oxygen atoms in total. The minimum atomic E-state index is -0.0845. The minimum absolute atomic E-state index is 0.00634. The van der Waals surface area contributed by atoms with Crippen molar-refractivity contribution in [3.8, 4) is 0 Å². The Morgan fingerprint density at radius 2 is 2.07 bits per heavy atom. The molecule has 0 aromatic carbocycles. The van der Waals surface area contributed by atoms with Gasteiger partial charge in [-0.05, 0) is 26.7 Å². The second-order valence-corrected chi connectivity index (χ2v) is 4.33. The maximum absolute atomic E-state index is 11.9. The van der Waals surface area contributed by atoms with Crippen molar-refractivity contribution in [3.63, 3.8) is 0 Å². The second kappa shape index (κ2) is 3.26. The highest BCUT2D eigenvalue weighted by Crippen LogP contribution is 2.27. The zero-order valence-electron chi connectivity index (χ0n) is 8.69. The summed E-state index contributed by atoms with van der Waals surface area (Å²) in [6.07, 6.45) is 2.54. The maximum atomic E-state index is 11.9. The third-order valence-electron chi connectivity index (χ3n) is 3.02. The van der Waals surface area contributed by atoms with E-state index in [0.717, 1.165) is 19.4 Å². The van der Waals surface area contributed by atoms with Crippen LogP contribution in [0.5, 0.6) is 0 Å². The zero-order chi connectivity index (χ0) is 10.3. The Bertz CT molecular complexity index is 275. The highest BCUT2D eigenvalue weighted by Gasteiger charge is 2.41. The number of amides is 3. The molecule has 2 heterocycles. The second-order valence-electron chi connectivity index (χ2n) is 4.33. The summed E-state index contributed by atoms with van der Waals surface area (Å²) in [7, 11) is 0. The molecular formula is C10H16N2O2. The van der Waals surface area contributed by atoms with Gasteiger partial charge in [0.15, 0.2) is 0 Å². The fraction of sp³-hybridized carbons (Fsp3) is 0.800. The summed E-state index contributed by atoms with van der Waals surface area (Å²) in [5, 5.41) is 0. The minimum Gasteiger partial charge on any atom is -0.321 e. The van der Waals surface area contributed by atoms with E-state index in [1.165, 1.54) is 4.90 Å². The summed E-state index contributed by atoms with van der Waals surface area (Å²) in [5.41, 5.74) is 0. The van der Waals surface area contributed by atoms with Gasteiger partial charge in [-0.2, -0.15) is 0 Å². The number of imide groups is 1. The molecule has 3 amide bonds. The van der Waals surface area contributed by atoms with Crippen LogP contribution in [0.25, 0.3) is 0 Å². The van der Waals surface area contributed by atoms with Crippen molar-refractivity contribution in [2.24, 2.45) is 0 Å². The van der Waals surface area contributed by atoms with Crippen molar-refractivity contribution in [2.45, 2.75) is 45.2 Å². The molecular weight excluding hydrogens is 180 g/mol. The zero-order valence-corrected chi connectivity index (χ0v) is 8.69. The van der Waals surface area contributed by atoms with E-state index in [0.29, 0.717) is 6.42 Å². The van der Waals surface area contributed by atoms with Crippen molar-refractivity contribution in [2.75, 3.05) is 6.54 Å². The van der Waals surface area contributed by atoms with E-state index in [9.17, 15) is 9.59 Å². The van der Waals surface area contributed by atoms with Crippen LogP contribution in [-0.4, -0.2) is 40.4 Å². The number of hydrogen-bond acceptors (Lipinski definition) is 2. The predicted octanol–water partition coefficient (Wildman–Crippen LogP) is 1.21. The van der Waals surface area contributed by atoms with Crippen LogP contribution in [0.1, 0.15) is 33.1 Å². The summed E-state index contributed by atoms with van der Waals surface area (Å²) >= 11 is 0. The first-order valence-corrected chi connectivity index (χ1v) is 5.24. The fourth-order valence-corrected chi connectivity index (χ4v) is 2.35. The van der Waals surface area contributed by atoms with Crippen LogP contribution >= 0.6 is 0 Å². The van der Waals surface area contributed by atoms with Gasteiger partial charge in [0.2, 0.25) is 5.91 Å². The summed E-state index contributed by atoms with van der Waals surface area (Å²) in [6.45, 7) is 4.58. The molecule has 0 saturated carbocycles. The molecule has 4 heteroatoms. The number of carbonyl (C=O) groups excluding carboxylic acids is 2.